The molecule has 0 amide bonds. The van der Waals surface area contributed by atoms with Gasteiger partial charge in [-0.3, -0.25) is 19.2 Å². The van der Waals surface area contributed by atoms with Gasteiger partial charge in [-0.1, -0.05) is 123 Å². The zero-order chi connectivity index (χ0) is 36.0. The Bertz CT molecular complexity index is 1040. The minimum Gasteiger partial charge on any atom is -0.481 e. The summed E-state index contributed by atoms with van der Waals surface area (Å²) in [5.74, 6) is -0.262. The summed E-state index contributed by atoms with van der Waals surface area (Å²) >= 11 is 0. The quantitative estimate of drug-likeness (QED) is 0.0359. The Balaban J connectivity index is 2.33. The van der Waals surface area contributed by atoms with Crippen molar-refractivity contribution in [1.29, 1.82) is 0 Å². The van der Waals surface area contributed by atoms with Gasteiger partial charge in [-0.2, -0.15) is 0 Å². The number of esters is 1. The molecule has 284 valence electrons. The Labute approximate surface area is 298 Å². The summed E-state index contributed by atoms with van der Waals surface area (Å²) in [6.07, 6.45) is 27.4. The topological polar surface area (TPSA) is 125 Å². The van der Waals surface area contributed by atoms with Crippen molar-refractivity contribution in [2.45, 2.75) is 174 Å². The molecule has 1 atom stereocenters. The Morgan fingerprint density at radius 1 is 0.633 bits per heavy atom. The minimum atomic E-state index is -0.729. The van der Waals surface area contributed by atoms with E-state index in [2.05, 4.69) is 29.4 Å². The summed E-state index contributed by atoms with van der Waals surface area (Å²) in [6, 6.07) is 0. The summed E-state index contributed by atoms with van der Waals surface area (Å²) in [5, 5.41) is 14.8. The number of carboxylic acids is 1. The number of ether oxygens (including phenoxy) is 1. The van der Waals surface area contributed by atoms with Crippen molar-refractivity contribution in [2.75, 3.05) is 50.5 Å². The first-order valence-electron chi connectivity index (χ1n) is 20.2. The number of hydrogen-bond donors (Lipinski definition) is 3. The van der Waals surface area contributed by atoms with E-state index in [0.717, 1.165) is 83.8 Å². The third-order valence-electron chi connectivity index (χ3n) is 9.77. The second-order valence-corrected chi connectivity index (χ2v) is 14.2. The first-order valence-corrected chi connectivity index (χ1v) is 20.2. The standard InChI is InChI=1S/C40H73N3O6/c1-4-6-8-10-14-20-26-34(25-19-13-9-7-5-2)33-49-36(46)28-22-16-12-18-24-31-43(30-23-17-11-15-21-27-35(44)45)32-29-42-38-37(41-3)39(47)40(38)48/h34,41-42H,4-33H2,1-3H3,(H,44,45). The highest BCUT2D eigenvalue weighted by Gasteiger charge is 2.19. The lowest BCUT2D eigenvalue weighted by Crippen LogP contribution is -2.38. The summed E-state index contributed by atoms with van der Waals surface area (Å²) in [7, 11) is 1.65. The van der Waals surface area contributed by atoms with Crippen LogP contribution in [-0.2, 0) is 14.3 Å². The molecular weight excluding hydrogens is 618 g/mol. The maximum atomic E-state index is 12.5. The van der Waals surface area contributed by atoms with Gasteiger partial charge in [0.25, 0.3) is 10.9 Å². The van der Waals surface area contributed by atoms with Crippen molar-refractivity contribution in [3.63, 3.8) is 0 Å². The number of nitrogens with one attached hydrogen (secondary N) is 2. The van der Waals surface area contributed by atoms with E-state index in [0.29, 0.717) is 36.9 Å². The summed E-state index contributed by atoms with van der Waals surface area (Å²) in [6.45, 7) is 8.40. The van der Waals surface area contributed by atoms with Crippen LogP contribution < -0.4 is 21.5 Å². The Hall–Kier alpha value is -2.42. The van der Waals surface area contributed by atoms with Crippen molar-refractivity contribution < 1.29 is 19.4 Å². The Morgan fingerprint density at radius 2 is 1.10 bits per heavy atom. The van der Waals surface area contributed by atoms with Gasteiger partial charge in [-0.25, -0.2) is 0 Å². The van der Waals surface area contributed by atoms with Gasteiger partial charge in [-0.15, -0.1) is 0 Å². The molecule has 0 spiro atoms. The van der Waals surface area contributed by atoms with Crippen molar-refractivity contribution >= 4 is 23.3 Å². The molecule has 0 saturated carbocycles. The average Bonchev–Trinajstić information content (AvgIpc) is 3.09. The lowest BCUT2D eigenvalue weighted by molar-refractivity contribution is -0.145. The molecule has 9 heteroatoms. The van der Waals surface area contributed by atoms with Gasteiger partial charge in [-0.05, 0) is 57.5 Å². The molecule has 1 aromatic rings. The summed E-state index contributed by atoms with van der Waals surface area (Å²) in [4.78, 5) is 49.3. The largest absolute Gasteiger partial charge is 0.481 e. The first-order chi connectivity index (χ1) is 23.8. The molecule has 0 aliphatic heterocycles. The van der Waals surface area contributed by atoms with Crippen LogP contribution in [0.25, 0.3) is 0 Å². The van der Waals surface area contributed by atoms with E-state index in [-0.39, 0.29) is 12.4 Å². The van der Waals surface area contributed by atoms with Crippen molar-refractivity contribution in [3.8, 4) is 0 Å². The van der Waals surface area contributed by atoms with E-state index in [9.17, 15) is 19.2 Å². The number of carbonyl (C=O) groups excluding carboxylic acids is 1. The molecule has 0 bridgehead atoms. The number of carbonyl (C=O) groups is 2. The third-order valence-corrected chi connectivity index (χ3v) is 9.77. The molecule has 0 aromatic heterocycles. The summed E-state index contributed by atoms with van der Waals surface area (Å²) < 4.78 is 5.78. The molecule has 49 heavy (non-hydrogen) atoms. The molecule has 1 rings (SSSR count). The number of rotatable bonds is 36. The van der Waals surface area contributed by atoms with Crippen LogP contribution in [0.15, 0.2) is 9.59 Å². The van der Waals surface area contributed by atoms with E-state index >= 15 is 0 Å². The lowest BCUT2D eigenvalue weighted by Gasteiger charge is -2.23. The maximum Gasteiger partial charge on any atom is 0.305 e. The van der Waals surface area contributed by atoms with E-state index in [1.165, 1.54) is 83.5 Å². The number of anilines is 2. The predicted octanol–water partition coefficient (Wildman–Crippen LogP) is 9.07. The lowest BCUT2D eigenvalue weighted by atomic mass is 9.95. The van der Waals surface area contributed by atoms with E-state index in [4.69, 9.17) is 9.84 Å². The summed E-state index contributed by atoms with van der Waals surface area (Å²) in [5.41, 5.74) is -0.154. The van der Waals surface area contributed by atoms with Crippen LogP contribution in [0.4, 0.5) is 11.4 Å². The van der Waals surface area contributed by atoms with Crippen LogP contribution in [0.3, 0.4) is 0 Å². The van der Waals surface area contributed by atoms with Crippen LogP contribution in [0, 0.1) is 5.92 Å². The predicted molar refractivity (Wildman–Crippen MR) is 205 cm³/mol. The number of aliphatic carboxylic acids is 1. The van der Waals surface area contributed by atoms with Gasteiger partial charge < -0.3 is 25.4 Å². The number of carboxylic acid groups (broad SMARTS) is 1. The third kappa shape index (κ3) is 22.8. The van der Waals surface area contributed by atoms with E-state index in [1.807, 2.05) is 0 Å². The number of unbranched alkanes of at least 4 members (excludes halogenated alkanes) is 17. The van der Waals surface area contributed by atoms with Crippen LogP contribution in [0.5, 0.6) is 0 Å². The van der Waals surface area contributed by atoms with Crippen molar-refractivity contribution in [1.82, 2.24) is 4.90 Å². The zero-order valence-corrected chi connectivity index (χ0v) is 31.7. The second kappa shape index (κ2) is 30.4. The molecule has 0 aliphatic carbocycles. The maximum absolute atomic E-state index is 12.5. The zero-order valence-electron chi connectivity index (χ0n) is 31.7. The first kappa shape index (κ1) is 44.6. The molecule has 1 unspecified atom stereocenters. The van der Waals surface area contributed by atoms with Crippen LogP contribution >= 0.6 is 0 Å². The van der Waals surface area contributed by atoms with Gasteiger partial charge >= 0.3 is 11.9 Å². The fraction of sp³-hybridized carbons (Fsp3) is 0.850. The molecule has 0 heterocycles. The van der Waals surface area contributed by atoms with Gasteiger partial charge in [0, 0.05) is 33.0 Å². The monoisotopic (exact) mass is 692 g/mol. The Kier molecular flexibility index (Phi) is 27.7. The molecule has 1 aromatic carbocycles. The van der Waals surface area contributed by atoms with Gasteiger partial charge in [0.1, 0.15) is 11.4 Å². The fourth-order valence-corrected chi connectivity index (χ4v) is 6.59. The highest BCUT2D eigenvalue weighted by atomic mass is 16.5. The van der Waals surface area contributed by atoms with E-state index in [1.54, 1.807) is 7.05 Å². The normalized spacial score (nSPS) is 12.1. The SMILES string of the molecule is CCCCCCCCC(CCCCCCC)COC(=O)CCCCCCCN(CCCCCCCC(=O)O)CCNc1c(NC)c(=O)c1=O. The molecule has 9 nitrogen and oxygen atoms in total. The van der Waals surface area contributed by atoms with Crippen LogP contribution in [0.2, 0.25) is 0 Å². The number of nitrogens with zero attached hydrogens (tertiary/aromatic N) is 1. The van der Waals surface area contributed by atoms with Gasteiger partial charge in [0.15, 0.2) is 0 Å². The highest BCUT2D eigenvalue weighted by Crippen LogP contribution is 2.20. The molecule has 0 saturated heterocycles. The van der Waals surface area contributed by atoms with Crippen LogP contribution in [0.1, 0.15) is 174 Å². The molecular formula is C40H73N3O6. The highest BCUT2D eigenvalue weighted by molar-refractivity contribution is 5.73. The minimum absolute atomic E-state index is 0.0382. The smallest absolute Gasteiger partial charge is 0.305 e. The van der Waals surface area contributed by atoms with Crippen molar-refractivity contribution in [3.05, 3.63) is 20.4 Å². The molecule has 0 aliphatic rings. The molecule has 3 N–H and O–H groups in total. The molecule has 0 fully saturated rings. The van der Waals surface area contributed by atoms with E-state index < -0.39 is 16.8 Å². The molecule has 0 radical (unpaired) electrons. The average molecular weight is 692 g/mol. The van der Waals surface area contributed by atoms with Crippen LogP contribution in [-0.4, -0.2) is 61.8 Å². The number of hydrogen-bond acceptors (Lipinski definition) is 8. The van der Waals surface area contributed by atoms with Gasteiger partial charge in [0.2, 0.25) is 0 Å². The fourth-order valence-electron chi connectivity index (χ4n) is 6.59. The Morgan fingerprint density at radius 3 is 1.63 bits per heavy atom. The van der Waals surface area contributed by atoms with Gasteiger partial charge in [0.05, 0.1) is 6.61 Å². The van der Waals surface area contributed by atoms with Crippen molar-refractivity contribution in [2.24, 2.45) is 5.92 Å². The second-order valence-electron chi connectivity index (χ2n) is 14.2.